The zero-order valence-electron chi connectivity index (χ0n) is 18.2. The van der Waals surface area contributed by atoms with Gasteiger partial charge in [-0.1, -0.05) is 42.5 Å². The van der Waals surface area contributed by atoms with Gasteiger partial charge in [-0.25, -0.2) is 0 Å². The van der Waals surface area contributed by atoms with E-state index in [2.05, 4.69) is 40.1 Å². The predicted molar refractivity (Wildman–Crippen MR) is 121 cm³/mol. The zero-order valence-corrected chi connectivity index (χ0v) is 18.2. The fourth-order valence-electron chi connectivity index (χ4n) is 5.74. The van der Waals surface area contributed by atoms with Crippen molar-refractivity contribution in [3.8, 4) is 0 Å². The average Bonchev–Trinajstić information content (AvgIpc) is 2.83. The molecule has 2 amide bonds. The highest BCUT2D eigenvalue weighted by Gasteiger charge is 2.40. The van der Waals surface area contributed by atoms with Crippen LogP contribution in [0.1, 0.15) is 37.7 Å². The molecule has 0 spiro atoms. The zero-order chi connectivity index (χ0) is 21.2. The van der Waals surface area contributed by atoms with Crippen LogP contribution in [-0.4, -0.2) is 60.5 Å². The summed E-state index contributed by atoms with van der Waals surface area (Å²) in [5.41, 5.74) is 1.08. The highest BCUT2D eigenvalue weighted by atomic mass is 16.5. The first kappa shape index (κ1) is 20.5. The number of fused-ring (bicyclic) bond motifs is 2. The molecule has 0 N–H and O–H groups in total. The maximum Gasteiger partial charge on any atom is 0.227 e. The number of amides is 2. The van der Waals surface area contributed by atoms with Crippen LogP contribution in [0.3, 0.4) is 0 Å². The number of carbonyl (C=O) groups is 2. The number of piperidine rings is 2. The van der Waals surface area contributed by atoms with Gasteiger partial charge in [-0.05, 0) is 54.4 Å². The third kappa shape index (κ3) is 4.33. The van der Waals surface area contributed by atoms with Crippen molar-refractivity contribution in [3.05, 3.63) is 48.0 Å². The Balaban J connectivity index is 1.23. The first-order valence-corrected chi connectivity index (χ1v) is 11.8. The topological polar surface area (TPSA) is 49.9 Å². The summed E-state index contributed by atoms with van der Waals surface area (Å²) in [5, 5.41) is 2.39. The minimum absolute atomic E-state index is 0.125. The van der Waals surface area contributed by atoms with E-state index in [1.807, 2.05) is 12.1 Å². The molecule has 3 fully saturated rings. The summed E-state index contributed by atoms with van der Waals surface area (Å²) in [6.45, 7) is 3.83. The fourth-order valence-corrected chi connectivity index (χ4v) is 5.74. The number of hydrogen-bond acceptors (Lipinski definition) is 3. The Morgan fingerprint density at radius 2 is 1.74 bits per heavy atom. The molecule has 5 nitrogen and oxygen atoms in total. The number of benzene rings is 2. The summed E-state index contributed by atoms with van der Waals surface area (Å²) >= 11 is 0. The number of hydrogen-bond donors (Lipinski definition) is 0. The van der Waals surface area contributed by atoms with Crippen LogP contribution in [0.2, 0.25) is 0 Å². The molecule has 3 aliphatic heterocycles. The molecule has 2 atom stereocenters. The molecule has 3 saturated heterocycles. The molecule has 0 radical (unpaired) electrons. The third-order valence-electron chi connectivity index (χ3n) is 7.44. The lowest BCUT2D eigenvalue weighted by molar-refractivity contribution is -0.145. The first-order chi connectivity index (χ1) is 15.2. The van der Waals surface area contributed by atoms with Crippen LogP contribution in [0, 0.1) is 11.8 Å². The fraction of sp³-hybridized carbons (Fsp3) is 0.538. The molecule has 2 aromatic rings. The molecular formula is C26H32N2O3. The van der Waals surface area contributed by atoms with E-state index in [0.717, 1.165) is 57.3 Å². The van der Waals surface area contributed by atoms with Crippen molar-refractivity contribution in [1.82, 2.24) is 9.80 Å². The van der Waals surface area contributed by atoms with Crippen molar-refractivity contribution < 1.29 is 14.3 Å². The van der Waals surface area contributed by atoms with Crippen molar-refractivity contribution in [2.45, 2.75) is 44.6 Å². The van der Waals surface area contributed by atoms with Crippen LogP contribution >= 0.6 is 0 Å². The van der Waals surface area contributed by atoms with E-state index in [4.69, 9.17) is 4.74 Å². The summed E-state index contributed by atoms with van der Waals surface area (Å²) in [4.78, 5) is 30.4. The lowest BCUT2D eigenvalue weighted by Gasteiger charge is -2.48. The van der Waals surface area contributed by atoms with E-state index in [1.54, 1.807) is 0 Å². The van der Waals surface area contributed by atoms with E-state index in [0.29, 0.717) is 31.5 Å². The van der Waals surface area contributed by atoms with Gasteiger partial charge in [0.15, 0.2) is 0 Å². The lowest BCUT2D eigenvalue weighted by atomic mass is 9.82. The molecule has 5 rings (SSSR count). The number of rotatable bonds is 3. The molecule has 0 aromatic heterocycles. The Kier molecular flexibility index (Phi) is 5.95. The van der Waals surface area contributed by atoms with Gasteiger partial charge in [0, 0.05) is 44.8 Å². The third-order valence-corrected chi connectivity index (χ3v) is 7.44. The van der Waals surface area contributed by atoms with Gasteiger partial charge in [-0.15, -0.1) is 0 Å². The quantitative estimate of drug-likeness (QED) is 0.762. The number of nitrogens with zero attached hydrogens (tertiary/aromatic N) is 2. The van der Waals surface area contributed by atoms with Crippen LogP contribution in [0.25, 0.3) is 10.8 Å². The Morgan fingerprint density at radius 1 is 0.935 bits per heavy atom. The average molecular weight is 421 g/mol. The molecule has 0 bridgehead atoms. The largest absolute Gasteiger partial charge is 0.381 e. The second-order valence-electron chi connectivity index (χ2n) is 9.37. The van der Waals surface area contributed by atoms with Crippen LogP contribution in [0.5, 0.6) is 0 Å². The summed E-state index contributed by atoms with van der Waals surface area (Å²) in [7, 11) is 0. The van der Waals surface area contributed by atoms with Crippen molar-refractivity contribution in [2.24, 2.45) is 11.8 Å². The minimum Gasteiger partial charge on any atom is -0.381 e. The van der Waals surface area contributed by atoms with Gasteiger partial charge >= 0.3 is 0 Å². The summed E-state index contributed by atoms with van der Waals surface area (Å²) < 4.78 is 5.42. The highest BCUT2D eigenvalue weighted by Crippen LogP contribution is 2.32. The molecule has 3 heterocycles. The van der Waals surface area contributed by atoms with Gasteiger partial charge in [0.1, 0.15) is 0 Å². The maximum atomic E-state index is 13.3. The molecule has 0 aliphatic carbocycles. The normalized spacial score (nSPS) is 24.8. The Morgan fingerprint density at radius 3 is 2.58 bits per heavy atom. The van der Waals surface area contributed by atoms with Gasteiger partial charge in [0.2, 0.25) is 11.8 Å². The van der Waals surface area contributed by atoms with E-state index >= 15 is 0 Å². The number of likely N-dealkylation sites (tertiary alicyclic amines) is 2. The van der Waals surface area contributed by atoms with Crippen molar-refractivity contribution in [1.29, 1.82) is 0 Å². The molecule has 0 saturated carbocycles. The van der Waals surface area contributed by atoms with Gasteiger partial charge in [0.05, 0.1) is 6.42 Å². The first-order valence-electron chi connectivity index (χ1n) is 11.8. The van der Waals surface area contributed by atoms with Crippen LogP contribution in [0.4, 0.5) is 0 Å². The monoisotopic (exact) mass is 420 g/mol. The molecule has 31 heavy (non-hydrogen) atoms. The minimum atomic E-state index is 0.125. The van der Waals surface area contributed by atoms with Crippen molar-refractivity contribution in [2.75, 3.05) is 32.8 Å². The standard InChI is InChI=1S/C26H32N2O3/c29-25(17-19-7-8-20-4-1-2-5-22(20)16-19)28-12-3-6-23-18-27(13-9-24(23)28)26(30)21-10-14-31-15-11-21/h1-2,4-5,7-8,16,21,23-24H,3,6,9-15,17-18H2/t23-,24+/m1/s1. The lowest BCUT2D eigenvalue weighted by Crippen LogP contribution is -2.57. The molecule has 2 aromatic carbocycles. The summed E-state index contributed by atoms with van der Waals surface area (Å²) in [6, 6.07) is 14.9. The smallest absolute Gasteiger partial charge is 0.227 e. The summed E-state index contributed by atoms with van der Waals surface area (Å²) in [6.07, 6.45) is 5.20. The van der Waals surface area contributed by atoms with E-state index < -0.39 is 0 Å². The van der Waals surface area contributed by atoms with E-state index in [-0.39, 0.29) is 17.9 Å². The summed E-state index contributed by atoms with van der Waals surface area (Å²) in [5.74, 6) is 1.07. The second-order valence-corrected chi connectivity index (χ2v) is 9.37. The molecular weight excluding hydrogens is 388 g/mol. The number of carbonyl (C=O) groups excluding carboxylic acids is 2. The second kappa shape index (κ2) is 8.99. The van der Waals surface area contributed by atoms with Gasteiger partial charge in [-0.3, -0.25) is 9.59 Å². The van der Waals surface area contributed by atoms with E-state index in [9.17, 15) is 9.59 Å². The van der Waals surface area contributed by atoms with Gasteiger partial charge < -0.3 is 14.5 Å². The number of ether oxygens (including phenoxy) is 1. The molecule has 164 valence electrons. The van der Waals surface area contributed by atoms with Crippen molar-refractivity contribution in [3.63, 3.8) is 0 Å². The van der Waals surface area contributed by atoms with Gasteiger partial charge in [0.25, 0.3) is 0 Å². The highest BCUT2D eigenvalue weighted by molar-refractivity contribution is 5.85. The molecule has 5 heteroatoms. The van der Waals surface area contributed by atoms with Crippen LogP contribution < -0.4 is 0 Å². The van der Waals surface area contributed by atoms with Gasteiger partial charge in [-0.2, -0.15) is 0 Å². The Hall–Kier alpha value is -2.40. The van der Waals surface area contributed by atoms with E-state index in [1.165, 1.54) is 10.8 Å². The SMILES string of the molecule is O=C(C1CCOCC1)N1CC[C@H]2[C@H](CCCN2C(=O)Cc2ccc3ccccc3c2)C1. The molecule has 0 unspecified atom stereocenters. The molecule has 3 aliphatic rings. The van der Waals surface area contributed by atoms with Crippen LogP contribution in [0.15, 0.2) is 42.5 Å². The van der Waals surface area contributed by atoms with Crippen molar-refractivity contribution >= 4 is 22.6 Å². The van der Waals surface area contributed by atoms with Crippen LogP contribution in [-0.2, 0) is 20.7 Å². The Bertz CT molecular complexity index is 953. The maximum absolute atomic E-state index is 13.3. The Labute approximate surface area is 184 Å². The predicted octanol–water partition coefficient (Wildman–Crippen LogP) is 3.65.